The van der Waals surface area contributed by atoms with Crippen LogP contribution >= 0.6 is 0 Å². The lowest BCUT2D eigenvalue weighted by atomic mass is 10.1. The molecule has 130 valence electrons. The smallest absolute Gasteiger partial charge is 0.344 e. The Labute approximate surface area is 145 Å². The van der Waals surface area contributed by atoms with E-state index in [1.807, 2.05) is 24.3 Å². The molecular formula is C20H20O5. The fraction of sp³-hybridized carbons (Fsp3) is 0.250. The van der Waals surface area contributed by atoms with Crippen molar-refractivity contribution in [3.8, 4) is 22.6 Å². The summed E-state index contributed by atoms with van der Waals surface area (Å²) < 4.78 is 16.0. The molecule has 25 heavy (non-hydrogen) atoms. The van der Waals surface area contributed by atoms with E-state index >= 15 is 0 Å². The summed E-state index contributed by atoms with van der Waals surface area (Å²) in [6, 6.07) is 14.3. The number of rotatable bonds is 7. The second kappa shape index (κ2) is 7.85. The Bertz CT molecular complexity index is 896. The Morgan fingerprint density at radius 2 is 1.76 bits per heavy atom. The van der Waals surface area contributed by atoms with Crippen LogP contribution in [0.25, 0.3) is 22.1 Å². The van der Waals surface area contributed by atoms with Crippen LogP contribution in [-0.4, -0.2) is 18.5 Å². The molecule has 2 aromatic carbocycles. The lowest BCUT2D eigenvalue weighted by molar-refractivity contribution is 0.0986. The summed E-state index contributed by atoms with van der Waals surface area (Å²) in [4.78, 5) is 12.3. The second-order valence-corrected chi connectivity index (χ2v) is 5.65. The minimum atomic E-state index is -0.430. The van der Waals surface area contributed by atoms with Crippen LogP contribution in [0.15, 0.2) is 57.7 Å². The van der Waals surface area contributed by atoms with Crippen LogP contribution in [0, 0.1) is 0 Å². The largest absolute Gasteiger partial charge is 0.494 e. The molecular weight excluding hydrogens is 320 g/mol. The molecule has 3 aromatic rings. The molecule has 5 nitrogen and oxygen atoms in total. The van der Waals surface area contributed by atoms with Crippen molar-refractivity contribution < 1.29 is 19.0 Å². The van der Waals surface area contributed by atoms with E-state index in [1.54, 1.807) is 24.3 Å². The normalized spacial score (nSPS) is 10.8. The number of fused-ring (bicyclic) bond motifs is 1. The SMILES string of the molecule is CCCCOc1ccc(-c2cc3ccc(OCO)cc3oc2=O)cc1. The standard InChI is InChI=1S/C20H20O5/c1-2-3-10-23-16-7-4-14(5-8-16)18-11-15-6-9-17(24-13-21)12-19(15)25-20(18)22/h4-9,11-12,21H,2-3,10,13H2,1H3. The number of hydrogen-bond donors (Lipinski definition) is 1. The Morgan fingerprint density at radius 1 is 1.00 bits per heavy atom. The summed E-state index contributed by atoms with van der Waals surface area (Å²) >= 11 is 0. The molecule has 0 aliphatic rings. The van der Waals surface area contributed by atoms with Crippen molar-refractivity contribution in [1.29, 1.82) is 0 Å². The number of ether oxygens (including phenoxy) is 2. The summed E-state index contributed by atoms with van der Waals surface area (Å²) in [5.41, 5.74) is 1.25. The van der Waals surface area contributed by atoms with Crippen molar-refractivity contribution in [2.45, 2.75) is 19.8 Å². The van der Waals surface area contributed by atoms with Crippen molar-refractivity contribution in [1.82, 2.24) is 0 Å². The third-order valence-corrected chi connectivity index (χ3v) is 3.87. The van der Waals surface area contributed by atoms with Crippen LogP contribution in [0.2, 0.25) is 0 Å². The summed E-state index contributed by atoms with van der Waals surface area (Å²) in [5.74, 6) is 1.23. The maximum absolute atomic E-state index is 12.3. The van der Waals surface area contributed by atoms with E-state index in [2.05, 4.69) is 6.92 Å². The summed E-state index contributed by atoms with van der Waals surface area (Å²) in [5, 5.41) is 9.59. The monoisotopic (exact) mass is 340 g/mol. The van der Waals surface area contributed by atoms with Crippen molar-refractivity contribution in [2.75, 3.05) is 13.4 Å². The molecule has 0 fully saturated rings. The Balaban J connectivity index is 1.89. The average molecular weight is 340 g/mol. The number of aliphatic hydroxyl groups is 1. The van der Waals surface area contributed by atoms with Crippen LogP contribution in [0.4, 0.5) is 0 Å². The predicted octanol–water partition coefficient (Wildman–Crippen LogP) is 3.97. The van der Waals surface area contributed by atoms with Gasteiger partial charge in [-0.05, 0) is 42.3 Å². The third-order valence-electron chi connectivity index (χ3n) is 3.87. The van der Waals surface area contributed by atoms with Crippen LogP contribution in [0.1, 0.15) is 19.8 Å². The predicted molar refractivity (Wildman–Crippen MR) is 96.0 cm³/mol. The van der Waals surface area contributed by atoms with E-state index in [-0.39, 0.29) is 0 Å². The number of hydrogen-bond acceptors (Lipinski definition) is 5. The quantitative estimate of drug-likeness (QED) is 0.400. The van der Waals surface area contributed by atoms with Crippen LogP contribution < -0.4 is 15.1 Å². The van der Waals surface area contributed by atoms with Crippen LogP contribution in [0.3, 0.4) is 0 Å². The summed E-state index contributed by atoms with van der Waals surface area (Å²) in [7, 11) is 0. The first-order chi connectivity index (χ1) is 12.2. The van der Waals surface area contributed by atoms with Gasteiger partial charge in [0.05, 0.1) is 12.2 Å². The van der Waals surface area contributed by atoms with Gasteiger partial charge in [0.2, 0.25) is 0 Å². The molecule has 0 saturated heterocycles. The molecule has 3 rings (SSSR count). The van der Waals surface area contributed by atoms with Gasteiger partial charge in [0.15, 0.2) is 6.79 Å². The van der Waals surface area contributed by atoms with Crippen molar-refractivity contribution >= 4 is 11.0 Å². The molecule has 0 bridgehead atoms. The molecule has 0 aliphatic heterocycles. The van der Waals surface area contributed by atoms with E-state index in [9.17, 15) is 4.79 Å². The van der Waals surface area contributed by atoms with Gasteiger partial charge in [-0.3, -0.25) is 0 Å². The van der Waals surface area contributed by atoms with E-state index in [0.717, 1.165) is 29.5 Å². The summed E-state index contributed by atoms with van der Waals surface area (Å²) in [6.07, 6.45) is 2.10. The van der Waals surface area contributed by atoms with Gasteiger partial charge in [-0.2, -0.15) is 0 Å². The second-order valence-electron chi connectivity index (χ2n) is 5.65. The van der Waals surface area contributed by atoms with E-state index in [4.69, 9.17) is 19.0 Å². The first kappa shape index (κ1) is 17.0. The molecule has 0 amide bonds. The first-order valence-corrected chi connectivity index (χ1v) is 8.26. The molecule has 0 radical (unpaired) electrons. The number of unbranched alkanes of at least 4 members (excludes halogenated alkanes) is 1. The fourth-order valence-electron chi connectivity index (χ4n) is 2.52. The zero-order valence-corrected chi connectivity index (χ0v) is 14.0. The third kappa shape index (κ3) is 4.00. The zero-order valence-electron chi connectivity index (χ0n) is 14.0. The van der Waals surface area contributed by atoms with Gasteiger partial charge < -0.3 is 19.0 Å². The Kier molecular flexibility index (Phi) is 5.36. The zero-order chi connectivity index (χ0) is 17.6. The molecule has 0 spiro atoms. The first-order valence-electron chi connectivity index (χ1n) is 8.26. The molecule has 0 atom stereocenters. The highest BCUT2D eigenvalue weighted by atomic mass is 16.6. The van der Waals surface area contributed by atoms with Gasteiger partial charge in [-0.15, -0.1) is 0 Å². The minimum Gasteiger partial charge on any atom is -0.494 e. The maximum Gasteiger partial charge on any atom is 0.344 e. The van der Waals surface area contributed by atoms with Crippen molar-refractivity contribution in [3.63, 3.8) is 0 Å². The van der Waals surface area contributed by atoms with Gasteiger partial charge in [0.1, 0.15) is 17.1 Å². The highest BCUT2D eigenvalue weighted by molar-refractivity contribution is 5.82. The fourth-order valence-corrected chi connectivity index (χ4v) is 2.52. The van der Waals surface area contributed by atoms with Crippen LogP contribution in [0.5, 0.6) is 11.5 Å². The van der Waals surface area contributed by atoms with Gasteiger partial charge in [-0.25, -0.2) is 4.79 Å². The van der Waals surface area contributed by atoms with E-state index < -0.39 is 12.4 Å². The minimum absolute atomic E-state index is 0.416. The lowest BCUT2D eigenvalue weighted by Crippen LogP contribution is -2.03. The topological polar surface area (TPSA) is 68.9 Å². The lowest BCUT2D eigenvalue weighted by Gasteiger charge is -2.07. The van der Waals surface area contributed by atoms with Crippen molar-refractivity contribution in [3.05, 3.63) is 59.0 Å². The van der Waals surface area contributed by atoms with Crippen LogP contribution in [-0.2, 0) is 0 Å². The Morgan fingerprint density at radius 3 is 2.48 bits per heavy atom. The highest BCUT2D eigenvalue weighted by Crippen LogP contribution is 2.25. The molecule has 1 heterocycles. The number of aliphatic hydroxyl groups excluding tert-OH is 1. The van der Waals surface area contributed by atoms with Gasteiger partial charge in [0, 0.05) is 11.5 Å². The van der Waals surface area contributed by atoms with Gasteiger partial charge >= 0.3 is 5.63 Å². The number of benzene rings is 2. The molecule has 1 aromatic heterocycles. The van der Waals surface area contributed by atoms with Gasteiger partial charge in [-0.1, -0.05) is 25.5 Å². The highest BCUT2D eigenvalue weighted by Gasteiger charge is 2.09. The maximum atomic E-state index is 12.3. The molecule has 1 N–H and O–H groups in total. The average Bonchev–Trinajstić information content (AvgIpc) is 2.62. The molecule has 0 unspecified atom stereocenters. The molecule has 0 aliphatic carbocycles. The van der Waals surface area contributed by atoms with Gasteiger partial charge in [0.25, 0.3) is 0 Å². The Hall–Kier alpha value is -2.79. The molecule has 0 saturated carbocycles. The molecule has 5 heteroatoms. The van der Waals surface area contributed by atoms with E-state index in [0.29, 0.717) is 23.5 Å². The van der Waals surface area contributed by atoms with Crippen molar-refractivity contribution in [2.24, 2.45) is 0 Å². The summed E-state index contributed by atoms with van der Waals surface area (Å²) in [6.45, 7) is 2.37. The van der Waals surface area contributed by atoms with E-state index in [1.165, 1.54) is 0 Å².